The Bertz CT molecular complexity index is 450. The Morgan fingerprint density at radius 2 is 1.90 bits per heavy atom. The minimum absolute atomic E-state index is 0.0839. The van der Waals surface area contributed by atoms with E-state index in [4.69, 9.17) is 0 Å². The molecule has 0 bridgehead atoms. The highest BCUT2D eigenvalue weighted by molar-refractivity contribution is 5.49. The van der Waals surface area contributed by atoms with E-state index < -0.39 is 0 Å². The van der Waals surface area contributed by atoms with Crippen LogP contribution in [0, 0.1) is 0 Å². The third-order valence-electron chi connectivity index (χ3n) is 3.42. The number of nitrogens with one attached hydrogen (secondary N) is 2. The maximum absolute atomic E-state index is 9.37. The lowest BCUT2D eigenvalue weighted by Gasteiger charge is -2.32. The molecule has 1 saturated carbocycles. The molecule has 0 unspecified atom stereocenters. The summed E-state index contributed by atoms with van der Waals surface area (Å²) in [7, 11) is 0. The molecule has 1 aliphatic carbocycles. The molecular formula is C15H26N4O. The van der Waals surface area contributed by atoms with Gasteiger partial charge in [0.2, 0.25) is 0 Å². The van der Waals surface area contributed by atoms with E-state index >= 15 is 0 Å². The predicted octanol–water partition coefficient (Wildman–Crippen LogP) is 2.53. The number of aliphatic hydroxyl groups excluding tert-OH is 1. The molecule has 0 radical (unpaired) electrons. The number of aromatic nitrogens is 2. The van der Waals surface area contributed by atoms with Gasteiger partial charge in [-0.2, -0.15) is 0 Å². The first kappa shape index (κ1) is 15.0. The second-order valence-electron chi connectivity index (χ2n) is 6.61. The number of hydrogen-bond donors (Lipinski definition) is 3. The summed E-state index contributed by atoms with van der Waals surface area (Å²) in [5, 5.41) is 16.1. The maximum Gasteiger partial charge on any atom is 0.138 e. The van der Waals surface area contributed by atoms with Crippen molar-refractivity contribution in [3.8, 4) is 0 Å². The van der Waals surface area contributed by atoms with Crippen LogP contribution in [0.4, 0.5) is 11.6 Å². The highest BCUT2D eigenvalue weighted by Crippen LogP contribution is 2.26. The van der Waals surface area contributed by atoms with Gasteiger partial charge in [-0.25, -0.2) is 9.97 Å². The zero-order valence-corrected chi connectivity index (χ0v) is 12.9. The second-order valence-corrected chi connectivity index (χ2v) is 6.61. The van der Waals surface area contributed by atoms with Crippen LogP contribution < -0.4 is 10.6 Å². The van der Waals surface area contributed by atoms with E-state index in [9.17, 15) is 5.11 Å². The normalized spacial score (nSPS) is 22.2. The number of nitrogens with zero attached hydrogens (tertiary/aromatic N) is 2. The van der Waals surface area contributed by atoms with E-state index in [1.807, 2.05) is 6.07 Å². The molecular weight excluding hydrogens is 252 g/mol. The van der Waals surface area contributed by atoms with Crippen molar-refractivity contribution in [3.63, 3.8) is 0 Å². The largest absolute Gasteiger partial charge is 0.393 e. The molecule has 2 rings (SSSR count). The Kier molecular flexibility index (Phi) is 4.48. The second kappa shape index (κ2) is 5.95. The average molecular weight is 278 g/mol. The summed E-state index contributed by atoms with van der Waals surface area (Å²) in [6, 6.07) is 2.28. The molecule has 3 N–H and O–H groups in total. The first-order valence-corrected chi connectivity index (χ1v) is 7.46. The lowest BCUT2D eigenvalue weighted by molar-refractivity contribution is 0.0835. The van der Waals surface area contributed by atoms with Gasteiger partial charge < -0.3 is 15.7 Å². The van der Waals surface area contributed by atoms with E-state index in [2.05, 4.69) is 48.3 Å². The first-order chi connectivity index (χ1) is 9.38. The predicted molar refractivity (Wildman–Crippen MR) is 82.2 cm³/mol. The van der Waals surface area contributed by atoms with E-state index in [1.165, 1.54) is 0 Å². The van der Waals surface area contributed by atoms with Crippen LogP contribution in [0.5, 0.6) is 0 Å². The van der Waals surface area contributed by atoms with E-state index in [0.717, 1.165) is 43.3 Å². The molecule has 5 nitrogen and oxygen atoms in total. The summed E-state index contributed by atoms with van der Waals surface area (Å²) >= 11 is 0. The number of aliphatic hydroxyl groups is 1. The molecule has 1 aromatic rings. The van der Waals surface area contributed by atoms with Crippen LogP contribution in [0.1, 0.15) is 52.8 Å². The van der Waals surface area contributed by atoms with Gasteiger partial charge in [-0.3, -0.25) is 0 Å². The maximum atomic E-state index is 9.37. The molecule has 20 heavy (non-hydrogen) atoms. The lowest BCUT2D eigenvalue weighted by atomic mass is 9.89. The van der Waals surface area contributed by atoms with Crippen LogP contribution in [0.2, 0.25) is 0 Å². The third-order valence-corrected chi connectivity index (χ3v) is 3.42. The van der Waals surface area contributed by atoms with Gasteiger partial charge in [0.1, 0.15) is 17.5 Å². The zero-order chi connectivity index (χ0) is 14.8. The lowest BCUT2D eigenvalue weighted by Crippen LogP contribution is -2.39. The molecule has 0 atom stereocenters. The molecule has 0 amide bonds. The van der Waals surface area contributed by atoms with Crippen molar-refractivity contribution in [1.82, 2.24) is 9.97 Å². The van der Waals surface area contributed by atoms with Gasteiger partial charge in [0.15, 0.2) is 0 Å². The summed E-state index contributed by atoms with van der Waals surface area (Å²) in [5.74, 6) is 2.55. The van der Waals surface area contributed by atoms with Crippen molar-refractivity contribution in [2.24, 2.45) is 0 Å². The molecule has 1 aliphatic rings. The highest BCUT2D eigenvalue weighted by Gasteiger charge is 2.28. The Morgan fingerprint density at radius 3 is 2.45 bits per heavy atom. The number of hydrogen-bond acceptors (Lipinski definition) is 5. The molecule has 0 aromatic carbocycles. The van der Waals surface area contributed by atoms with Crippen LogP contribution in [0.15, 0.2) is 6.07 Å². The van der Waals surface area contributed by atoms with Gasteiger partial charge in [-0.05, 0) is 19.3 Å². The first-order valence-electron chi connectivity index (χ1n) is 7.46. The molecule has 1 heterocycles. The zero-order valence-electron chi connectivity index (χ0n) is 12.9. The minimum atomic E-state index is -0.158. The summed E-state index contributed by atoms with van der Waals surface area (Å²) in [4.78, 5) is 9.21. The van der Waals surface area contributed by atoms with E-state index in [-0.39, 0.29) is 11.5 Å². The van der Waals surface area contributed by atoms with Crippen molar-refractivity contribution in [1.29, 1.82) is 0 Å². The molecule has 1 fully saturated rings. The van der Waals surface area contributed by atoms with Crippen LogP contribution in [0.25, 0.3) is 0 Å². The fourth-order valence-corrected chi connectivity index (χ4v) is 2.12. The molecule has 0 aliphatic heterocycles. The van der Waals surface area contributed by atoms with Crippen molar-refractivity contribution >= 4 is 11.6 Å². The molecule has 5 heteroatoms. The molecule has 1 aromatic heterocycles. The Morgan fingerprint density at radius 1 is 1.25 bits per heavy atom. The van der Waals surface area contributed by atoms with Gasteiger partial charge in [0, 0.05) is 24.1 Å². The van der Waals surface area contributed by atoms with Gasteiger partial charge in [0.05, 0.1) is 6.10 Å². The SMILES string of the molecule is CCCNc1cc(NC2CC(O)C2)nc(C(C)(C)C)n1. The van der Waals surface area contributed by atoms with Gasteiger partial charge >= 0.3 is 0 Å². The summed E-state index contributed by atoms with van der Waals surface area (Å²) in [5.41, 5.74) is -0.0839. The van der Waals surface area contributed by atoms with E-state index in [0.29, 0.717) is 6.04 Å². The van der Waals surface area contributed by atoms with Gasteiger partial charge in [-0.1, -0.05) is 27.7 Å². The Labute approximate surface area is 121 Å². The van der Waals surface area contributed by atoms with Gasteiger partial charge in [0.25, 0.3) is 0 Å². The van der Waals surface area contributed by atoms with Crippen LogP contribution in [-0.2, 0) is 5.41 Å². The molecule has 0 saturated heterocycles. The van der Waals surface area contributed by atoms with Crippen LogP contribution >= 0.6 is 0 Å². The van der Waals surface area contributed by atoms with Crippen molar-refractivity contribution in [2.75, 3.05) is 17.2 Å². The van der Waals surface area contributed by atoms with Crippen LogP contribution in [-0.4, -0.2) is 33.8 Å². The number of anilines is 2. The standard InChI is InChI=1S/C15H26N4O/c1-5-6-16-12-9-13(17-10-7-11(20)8-10)19-14(18-12)15(2,3)4/h9-11,20H,5-8H2,1-4H3,(H2,16,17,18,19). The Hall–Kier alpha value is -1.36. The molecule has 0 spiro atoms. The van der Waals surface area contributed by atoms with Crippen molar-refractivity contribution < 1.29 is 5.11 Å². The number of rotatable bonds is 5. The van der Waals surface area contributed by atoms with E-state index in [1.54, 1.807) is 0 Å². The van der Waals surface area contributed by atoms with Crippen molar-refractivity contribution in [2.45, 2.75) is 64.5 Å². The summed E-state index contributed by atoms with van der Waals surface area (Å²) in [6.07, 6.45) is 2.50. The summed E-state index contributed by atoms with van der Waals surface area (Å²) < 4.78 is 0. The average Bonchev–Trinajstić information content (AvgIpc) is 2.33. The third kappa shape index (κ3) is 3.82. The quantitative estimate of drug-likeness (QED) is 0.772. The molecule has 112 valence electrons. The fraction of sp³-hybridized carbons (Fsp3) is 0.733. The highest BCUT2D eigenvalue weighted by atomic mass is 16.3. The fourth-order valence-electron chi connectivity index (χ4n) is 2.12. The van der Waals surface area contributed by atoms with Crippen molar-refractivity contribution in [3.05, 3.63) is 11.9 Å². The summed E-state index contributed by atoms with van der Waals surface area (Å²) in [6.45, 7) is 9.38. The minimum Gasteiger partial charge on any atom is -0.393 e. The topological polar surface area (TPSA) is 70.1 Å². The van der Waals surface area contributed by atoms with Gasteiger partial charge in [-0.15, -0.1) is 0 Å². The monoisotopic (exact) mass is 278 g/mol. The van der Waals surface area contributed by atoms with Crippen LogP contribution in [0.3, 0.4) is 0 Å². The smallest absolute Gasteiger partial charge is 0.138 e. The Balaban J connectivity index is 2.16.